The lowest BCUT2D eigenvalue weighted by Crippen LogP contribution is -2.59. The van der Waals surface area contributed by atoms with E-state index < -0.39 is 10.2 Å². The minimum atomic E-state index is -3.48. The molecule has 0 amide bonds. The molecule has 7 heteroatoms. The minimum absolute atomic E-state index is 0.509. The van der Waals surface area contributed by atoms with E-state index in [1.54, 1.807) is 0 Å². The highest BCUT2D eigenvalue weighted by Gasteiger charge is 2.28. The van der Waals surface area contributed by atoms with Gasteiger partial charge in [-0.2, -0.15) is 12.7 Å². The second-order valence-corrected chi connectivity index (χ2v) is 5.25. The molecule has 2 heterocycles. The van der Waals surface area contributed by atoms with Gasteiger partial charge in [0, 0.05) is 39.3 Å². The van der Waals surface area contributed by atoms with Crippen molar-refractivity contribution in [2.45, 2.75) is 6.42 Å². The van der Waals surface area contributed by atoms with Crippen LogP contribution < -0.4 is 5.14 Å². The maximum atomic E-state index is 11.0. The normalized spacial score (nSPS) is 27.5. The largest absolute Gasteiger partial charge is 0.276 e. The first-order chi connectivity index (χ1) is 6.57. The van der Waals surface area contributed by atoms with Crippen molar-refractivity contribution >= 4 is 10.2 Å². The van der Waals surface area contributed by atoms with Crippen LogP contribution in [0.4, 0.5) is 0 Å². The standard InChI is InChI=1S/C7H16N4O2S/c8-14(12,13)11-6-4-10(5-7-11)9-2-1-3-9/h1-7H2,(H2,8,12,13). The Labute approximate surface area is 84.4 Å². The number of nitrogens with two attached hydrogens (primary N) is 1. The molecule has 0 aromatic heterocycles. The zero-order valence-electron chi connectivity index (χ0n) is 8.09. The third-order valence-corrected chi connectivity index (χ3v) is 3.89. The molecule has 2 rings (SSSR count). The van der Waals surface area contributed by atoms with Crippen LogP contribution in [0.15, 0.2) is 0 Å². The van der Waals surface area contributed by atoms with Gasteiger partial charge in [-0.3, -0.25) is 0 Å². The molecule has 82 valence electrons. The van der Waals surface area contributed by atoms with Crippen LogP contribution >= 0.6 is 0 Å². The fourth-order valence-corrected chi connectivity index (χ4v) is 2.47. The first-order valence-electron chi connectivity index (χ1n) is 4.85. The highest BCUT2D eigenvalue weighted by Crippen LogP contribution is 2.13. The van der Waals surface area contributed by atoms with Gasteiger partial charge in [0.05, 0.1) is 0 Å². The quantitative estimate of drug-likeness (QED) is 0.610. The van der Waals surface area contributed by atoms with Crippen LogP contribution in [-0.2, 0) is 10.2 Å². The van der Waals surface area contributed by atoms with Crippen molar-refractivity contribution < 1.29 is 8.42 Å². The number of hydrazine groups is 1. The van der Waals surface area contributed by atoms with E-state index in [4.69, 9.17) is 5.14 Å². The van der Waals surface area contributed by atoms with Gasteiger partial charge in [-0.05, 0) is 6.42 Å². The topological polar surface area (TPSA) is 69.9 Å². The summed E-state index contributed by atoms with van der Waals surface area (Å²) in [4.78, 5) is 0. The summed E-state index contributed by atoms with van der Waals surface area (Å²) in [7, 11) is -3.48. The van der Waals surface area contributed by atoms with Gasteiger partial charge in [0.2, 0.25) is 0 Å². The van der Waals surface area contributed by atoms with Gasteiger partial charge in [0.15, 0.2) is 0 Å². The number of hydrogen-bond acceptors (Lipinski definition) is 4. The Morgan fingerprint density at radius 3 is 1.71 bits per heavy atom. The maximum Gasteiger partial charge on any atom is 0.276 e. The van der Waals surface area contributed by atoms with Crippen LogP contribution in [0.2, 0.25) is 0 Å². The second-order valence-electron chi connectivity index (χ2n) is 3.70. The molecular formula is C7H16N4O2S. The van der Waals surface area contributed by atoms with Crippen molar-refractivity contribution in [3.05, 3.63) is 0 Å². The van der Waals surface area contributed by atoms with Crippen LogP contribution in [0.5, 0.6) is 0 Å². The van der Waals surface area contributed by atoms with Gasteiger partial charge in [0.1, 0.15) is 0 Å². The lowest BCUT2D eigenvalue weighted by molar-refractivity contribution is -0.0873. The summed E-state index contributed by atoms with van der Waals surface area (Å²) >= 11 is 0. The fraction of sp³-hybridized carbons (Fsp3) is 1.00. The average Bonchev–Trinajstić information content (AvgIpc) is 2.00. The molecule has 0 saturated carbocycles. The zero-order valence-corrected chi connectivity index (χ0v) is 8.91. The molecule has 0 spiro atoms. The molecular weight excluding hydrogens is 204 g/mol. The summed E-state index contributed by atoms with van der Waals surface area (Å²) in [6.45, 7) is 4.75. The van der Waals surface area contributed by atoms with E-state index in [-0.39, 0.29) is 0 Å². The lowest BCUT2D eigenvalue weighted by Gasteiger charge is -2.44. The molecule has 2 N–H and O–H groups in total. The molecule has 0 radical (unpaired) electrons. The molecule has 0 aromatic carbocycles. The Morgan fingerprint density at radius 2 is 1.36 bits per heavy atom. The van der Waals surface area contributed by atoms with Crippen molar-refractivity contribution in [1.29, 1.82) is 0 Å². The first-order valence-corrected chi connectivity index (χ1v) is 6.35. The summed E-state index contributed by atoms with van der Waals surface area (Å²) in [5.41, 5.74) is 0. The van der Waals surface area contributed by atoms with E-state index in [1.165, 1.54) is 10.7 Å². The van der Waals surface area contributed by atoms with Gasteiger partial charge in [-0.1, -0.05) is 0 Å². The molecule has 0 bridgehead atoms. The summed E-state index contributed by atoms with van der Waals surface area (Å²) in [5, 5.41) is 9.52. The van der Waals surface area contributed by atoms with Crippen LogP contribution in [0.3, 0.4) is 0 Å². The van der Waals surface area contributed by atoms with Crippen LogP contribution in [0.25, 0.3) is 0 Å². The van der Waals surface area contributed by atoms with Crippen molar-refractivity contribution in [2.75, 3.05) is 39.3 Å². The van der Waals surface area contributed by atoms with Crippen molar-refractivity contribution in [3.63, 3.8) is 0 Å². The third kappa shape index (κ3) is 2.06. The summed E-state index contributed by atoms with van der Waals surface area (Å²) in [6, 6.07) is 0. The third-order valence-electron chi connectivity index (χ3n) is 2.81. The number of nitrogens with zero attached hydrogens (tertiary/aromatic N) is 3. The molecule has 2 aliphatic heterocycles. The molecule has 2 aliphatic rings. The number of rotatable bonds is 2. The Hall–Kier alpha value is -0.210. The maximum absolute atomic E-state index is 11.0. The van der Waals surface area contributed by atoms with Crippen molar-refractivity contribution in [2.24, 2.45) is 5.14 Å². The minimum Gasteiger partial charge on any atom is -0.242 e. The number of hydrogen-bond donors (Lipinski definition) is 1. The van der Waals surface area contributed by atoms with Gasteiger partial charge in [0.25, 0.3) is 10.2 Å². The SMILES string of the molecule is NS(=O)(=O)N1CCN(N2CCC2)CC1. The lowest BCUT2D eigenvalue weighted by atomic mass is 10.2. The van der Waals surface area contributed by atoms with E-state index >= 15 is 0 Å². The van der Waals surface area contributed by atoms with Crippen LogP contribution in [-0.4, -0.2) is 62.0 Å². The average molecular weight is 220 g/mol. The summed E-state index contributed by atoms with van der Waals surface area (Å²) in [6.07, 6.45) is 1.25. The molecule has 2 fully saturated rings. The molecule has 6 nitrogen and oxygen atoms in total. The fourth-order valence-electron chi connectivity index (χ4n) is 1.80. The highest BCUT2D eigenvalue weighted by molar-refractivity contribution is 7.86. The van der Waals surface area contributed by atoms with Crippen molar-refractivity contribution in [3.8, 4) is 0 Å². The predicted octanol–water partition coefficient (Wildman–Crippen LogP) is -1.57. The number of piperazine rings is 1. The molecule has 0 unspecified atom stereocenters. The Bertz CT molecular complexity index is 293. The first kappa shape index (κ1) is 10.3. The molecule has 14 heavy (non-hydrogen) atoms. The van der Waals surface area contributed by atoms with E-state index in [1.807, 2.05) is 0 Å². The van der Waals surface area contributed by atoms with Crippen LogP contribution in [0, 0.1) is 0 Å². The monoisotopic (exact) mass is 220 g/mol. The van der Waals surface area contributed by atoms with Crippen LogP contribution in [0.1, 0.15) is 6.42 Å². The molecule has 0 aliphatic carbocycles. The Morgan fingerprint density at radius 1 is 0.857 bits per heavy atom. The van der Waals surface area contributed by atoms with Gasteiger partial charge >= 0.3 is 0 Å². The molecule has 2 saturated heterocycles. The van der Waals surface area contributed by atoms with Gasteiger partial charge in [-0.15, -0.1) is 0 Å². The van der Waals surface area contributed by atoms with E-state index in [0.29, 0.717) is 13.1 Å². The smallest absolute Gasteiger partial charge is 0.242 e. The van der Waals surface area contributed by atoms with Crippen molar-refractivity contribution in [1.82, 2.24) is 14.3 Å². The predicted molar refractivity (Wildman–Crippen MR) is 52.4 cm³/mol. The van der Waals surface area contributed by atoms with E-state index in [0.717, 1.165) is 26.2 Å². The Kier molecular flexibility index (Phi) is 2.76. The Balaban J connectivity index is 1.85. The highest BCUT2D eigenvalue weighted by atomic mass is 32.2. The van der Waals surface area contributed by atoms with Gasteiger partial charge < -0.3 is 0 Å². The van der Waals surface area contributed by atoms with Gasteiger partial charge in [-0.25, -0.2) is 15.2 Å². The second kappa shape index (κ2) is 3.74. The van der Waals surface area contributed by atoms with E-state index in [9.17, 15) is 8.42 Å². The zero-order chi connectivity index (χ0) is 10.2. The molecule has 0 aromatic rings. The molecule has 0 atom stereocenters. The summed E-state index contributed by atoms with van der Waals surface area (Å²) in [5.74, 6) is 0. The summed E-state index contributed by atoms with van der Waals surface area (Å²) < 4.78 is 23.4. The van der Waals surface area contributed by atoms with E-state index in [2.05, 4.69) is 10.0 Å².